The summed E-state index contributed by atoms with van der Waals surface area (Å²) in [6, 6.07) is 22.5. The fraction of sp³-hybridized carbons (Fsp3) is 0.413. The van der Waals surface area contributed by atoms with Gasteiger partial charge >= 0.3 is 5.97 Å². The Morgan fingerprint density at radius 2 is 1.45 bits per heavy atom. The first-order valence-electron chi connectivity index (χ1n) is 20.1. The monoisotopic (exact) mass is 829 g/mol. The third-order valence-corrected chi connectivity index (χ3v) is 12.4. The van der Waals surface area contributed by atoms with Crippen molar-refractivity contribution in [1.29, 1.82) is 0 Å². The smallest absolute Gasteiger partial charge is 0.337 e. The molecule has 0 bridgehead atoms. The molecule has 58 heavy (non-hydrogen) atoms. The highest BCUT2D eigenvalue weighted by Gasteiger charge is 2.25. The number of carbonyl (C=O) groups excluding carboxylic acids is 3. The fourth-order valence-electron chi connectivity index (χ4n) is 6.89. The van der Waals surface area contributed by atoms with Crippen molar-refractivity contribution < 1.29 is 32.8 Å². The van der Waals surface area contributed by atoms with E-state index in [9.17, 15) is 18.6 Å². The first kappa shape index (κ1) is 45.9. The van der Waals surface area contributed by atoms with E-state index in [1.807, 2.05) is 50.4 Å². The summed E-state index contributed by atoms with van der Waals surface area (Å²) in [7, 11) is 5.41. The zero-order chi connectivity index (χ0) is 41.7. The van der Waals surface area contributed by atoms with Crippen molar-refractivity contribution in [2.24, 2.45) is 0 Å². The predicted octanol–water partition coefficient (Wildman–Crippen LogP) is 9.86. The largest absolute Gasteiger partial charge is 0.469 e. The molecule has 0 aliphatic heterocycles. The molecule has 0 saturated heterocycles. The highest BCUT2D eigenvalue weighted by molar-refractivity contribution is 7.83. The number of amides is 1. The standard InChI is InChI=1S/C27H30N2O3S.C10H13NO2S.C9H16O2/c1-28-26-24(22-8-3-4-9-23(22)33-26)25(30)29-21-16-12-19(13-17-21)7-5-6-18-10-14-20(15-11-18)27(31)32-2;1-2-6-11-14(13)10-5-3-4-9(7-10)8-12;1-10-9(11-2)8-6-4-3-5-7-8/h10-17,28H,3-9H2,1-2H3,(H,29,30);3-5,7-8,11H,2,6H2,1H3;3-7H2,1-2H3. The van der Waals surface area contributed by atoms with Crippen molar-refractivity contribution in [3.8, 4) is 0 Å². The molecule has 1 saturated carbocycles. The maximum Gasteiger partial charge on any atom is 0.337 e. The third-order valence-electron chi connectivity index (χ3n) is 9.95. The van der Waals surface area contributed by atoms with Gasteiger partial charge in [0.25, 0.3) is 11.9 Å². The normalized spacial score (nSPS) is 13.6. The second-order valence-electron chi connectivity index (χ2n) is 14.1. The van der Waals surface area contributed by atoms with Crippen LogP contribution in [0.15, 0.2) is 89.2 Å². The zero-order valence-electron chi connectivity index (χ0n) is 34.6. The van der Waals surface area contributed by atoms with Crippen LogP contribution in [0, 0.1) is 0 Å². The Labute approximate surface area is 350 Å². The Hall–Kier alpha value is -4.78. The molecule has 1 fully saturated rings. The van der Waals surface area contributed by atoms with Crippen molar-refractivity contribution in [3.05, 3.63) is 123 Å². The van der Waals surface area contributed by atoms with Gasteiger partial charge in [-0.05, 0) is 130 Å². The first-order valence-corrected chi connectivity index (χ1v) is 22.1. The average Bonchev–Trinajstić information content (AvgIpc) is 3.66. The molecule has 3 aromatic carbocycles. The average molecular weight is 830 g/mol. The molecular weight excluding hydrogens is 771 g/mol. The van der Waals surface area contributed by atoms with Gasteiger partial charge in [-0.2, -0.15) is 0 Å². The number of hydrogen-bond acceptors (Lipinski definition) is 9. The summed E-state index contributed by atoms with van der Waals surface area (Å²) in [5.41, 5.74) is 7.77. The Morgan fingerprint density at radius 1 is 0.810 bits per heavy atom. The van der Waals surface area contributed by atoms with Gasteiger partial charge in [0.1, 0.15) is 22.3 Å². The summed E-state index contributed by atoms with van der Waals surface area (Å²) in [5, 5.41) is 7.27. The van der Waals surface area contributed by atoms with E-state index < -0.39 is 11.0 Å². The van der Waals surface area contributed by atoms with E-state index in [1.165, 1.54) is 59.9 Å². The molecule has 1 amide bonds. The van der Waals surface area contributed by atoms with Crippen LogP contribution in [0.1, 0.15) is 117 Å². The lowest BCUT2D eigenvalue weighted by Crippen LogP contribution is -2.17. The third kappa shape index (κ3) is 14.0. The second-order valence-corrected chi connectivity index (χ2v) is 16.5. The summed E-state index contributed by atoms with van der Waals surface area (Å²) >= 11 is 1.72. The number of fused-ring (bicyclic) bond motifs is 1. The molecule has 1 atom stereocenters. The molecule has 1 heterocycles. The number of esters is 1. The molecule has 4 aromatic rings. The molecule has 2 aliphatic rings. The zero-order valence-corrected chi connectivity index (χ0v) is 36.2. The molecule has 3 N–H and O–H groups in total. The molecule has 1 unspecified atom stereocenters. The number of ether oxygens (including phenoxy) is 3. The topological polar surface area (TPSA) is 132 Å². The van der Waals surface area contributed by atoms with Gasteiger partial charge in [-0.1, -0.05) is 49.7 Å². The molecule has 12 heteroatoms. The van der Waals surface area contributed by atoms with E-state index in [0.29, 0.717) is 22.6 Å². The van der Waals surface area contributed by atoms with E-state index in [-0.39, 0.29) is 11.9 Å². The van der Waals surface area contributed by atoms with E-state index in [2.05, 4.69) is 27.5 Å². The van der Waals surface area contributed by atoms with Gasteiger partial charge < -0.3 is 24.8 Å². The number of benzene rings is 3. The Morgan fingerprint density at radius 3 is 2.05 bits per heavy atom. The van der Waals surface area contributed by atoms with Crippen molar-refractivity contribution >= 4 is 51.2 Å². The number of aldehydes is 1. The predicted molar refractivity (Wildman–Crippen MR) is 235 cm³/mol. The van der Waals surface area contributed by atoms with Crippen LogP contribution in [0.2, 0.25) is 0 Å². The number of hydrogen-bond donors (Lipinski definition) is 3. The lowest BCUT2D eigenvalue weighted by Gasteiger charge is -2.16. The maximum atomic E-state index is 13.1. The van der Waals surface area contributed by atoms with E-state index in [4.69, 9.17) is 14.2 Å². The van der Waals surface area contributed by atoms with Crippen molar-refractivity contribution in [1.82, 2.24) is 4.72 Å². The fourth-order valence-corrected chi connectivity index (χ4v) is 9.13. The molecule has 312 valence electrons. The lowest BCUT2D eigenvalue weighted by molar-refractivity contribution is 0.0600. The van der Waals surface area contributed by atoms with Crippen LogP contribution >= 0.6 is 11.3 Å². The van der Waals surface area contributed by atoms with Crippen LogP contribution in [0.5, 0.6) is 0 Å². The number of nitrogens with one attached hydrogen (secondary N) is 3. The number of aryl methyl sites for hydroxylation is 3. The quantitative estimate of drug-likeness (QED) is 0.0613. The van der Waals surface area contributed by atoms with Crippen LogP contribution in [0.4, 0.5) is 10.7 Å². The molecule has 0 radical (unpaired) electrons. The number of thiophene rings is 1. The minimum absolute atomic E-state index is 0.0260. The second kappa shape index (κ2) is 24.9. The summed E-state index contributed by atoms with van der Waals surface area (Å²) < 4.78 is 29.3. The highest BCUT2D eigenvalue weighted by atomic mass is 32.2. The highest BCUT2D eigenvalue weighted by Crippen LogP contribution is 2.38. The Balaban J connectivity index is 0.000000243. The molecule has 0 spiro atoms. The minimum atomic E-state index is -1.20. The SMILES string of the molecule is CCCNS(=O)c1cccc(C=O)c1.CNc1sc2c(c1C(=O)Nc1ccc(CCCc3ccc(C(=O)OC)cc3)cc1)CCCC2.COC(OC)=C1CCCCC1. The lowest BCUT2D eigenvalue weighted by atomic mass is 9.95. The molecule has 2 aliphatic carbocycles. The number of carbonyl (C=O) groups is 3. The Kier molecular flexibility index (Phi) is 19.7. The van der Waals surface area contributed by atoms with E-state index >= 15 is 0 Å². The van der Waals surface area contributed by atoms with Crippen molar-refractivity contribution in [2.75, 3.05) is 45.6 Å². The van der Waals surface area contributed by atoms with Gasteiger partial charge in [0, 0.05) is 35.3 Å². The van der Waals surface area contributed by atoms with Crippen LogP contribution in [-0.4, -0.2) is 57.3 Å². The van der Waals surface area contributed by atoms with Crippen LogP contribution in [0.3, 0.4) is 0 Å². The maximum absolute atomic E-state index is 13.1. The molecule has 6 rings (SSSR count). The first-order chi connectivity index (χ1) is 28.2. The minimum Gasteiger partial charge on any atom is -0.469 e. The Bertz CT molecular complexity index is 1960. The molecule has 10 nitrogen and oxygen atoms in total. The summed E-state index contributed by atoms with van der Waals surface area (Å²) in [6.07, 6.45) is 15.2. The number of anilines is 2. The number of methoxy groups -OCH3 is 3. The van der Waals surface area contributed by atoms with Crippen molar-refractivity contribution in [2.45, 2.75) is 95.3 Å². The van der Waals surface area contributed by atoms with Gasteiger partial charge in [0.2, 0.25) is 0 Å². The number of rotatable bonds is 15. The van der Waals surface area contributed by atoms with Gasteiger partial charge in [0.15, 0.2) is 0 Å². The molecular formula is C46H59N3O7S2. The molecule has 1 aromatic heterocycles. The summed E-state index contributed by atoms with van der Waals surface area (Å²) in [5.74, 6) is 0.404. The summed E-state index contributed by atoms with van der Waals surface area (Å²) in [4.78, 5) is 37.1. The van der Waals surface area contributed by atoms with Gasteiger partial charge in [-0.3, -0.25) is 9.59 Å². The van der Waals surface area contributed by atoms with E-state index in [1.54, 1.807) is 49.8 Å². The van der Waals surface area contributed by atoms with Gasteiger partial charge in [-0.15, -0.1) is 11.3 Å². The van der Waals surface area contributed by atoms with Crippen LogP contribution in [0.25, 0.3) is 0 Å². The van der Waals surface area contributed by atoms with Crippen LogP contribution < -0.4 is 15.4 Å². The van der Waals surface area contributed by atoms with Crippen molar-refractivity contribution in [3.63, 3.8) is 0 Å². The van der Waals surface area contributed by atoms with Gasteiger partial charge in [0.05, 0.1) is 37.4 Å². The summed E-state index contributed by atoms with van der Waals surface area (Å²) in [6.45, 7) is 2.71. The van der Waals surface area contributed by atoms with E-state index in [0.717, 1.165) is 86.3 Å². The van der Waals surface area contributed by atoms with Crippen LogP contribution in [-0.2, 0) is 50.9 Å². The number of allylic oxidation sites excluding steroid dienone is 1. The van der Waals surface area contributed by atoms with Gasteiger partial charge in [-0.25, -0.2) is 13.7 Å².